The quantitative estimate of drug-likeness (QED) is 0.900. The molecule has 2 unspecified atom stereocenters. The van der Waals surface area contributed by atoms with Crippen LogP contribution in [0, 0.1) is 11.6 Å². The largest absolute Gasteiger partial charge is 0.481 e. The summed E-state index contributed by atoms with van der Waals surface area (Å²) in [5.74, 6) is -1.92. The molecule has 2 rings (SSSR count). The highest BCUT2D eigenvalue weighted by Crippen LogP contribution is 2.31. The summed E-state index contributed by atoms with van der Waals surface area (Å²) < 4.78 is 27.0. The fourth-order valence-electron chi connectivity index (χ4n) is 3.15. The van der Waals surface area contributed by atoms with Crippen LogP contribution in [0.2, 0.25) is 0 Å². The van der Waals surface area contributed by atoms with Gasteiger partial charge in [0, 0.05) is 30.1 Å². The zero-order valence-corrected chi connectivity index (χ0v) is 12.2. The molecule has 0 saturated carbocycles. The number of hydrogen-bond acceptors (Lipinski definition) is 2. The molecular weight excluding hydrogens is 276 g/mol. The molecule has 0 bridgehead atoms. The van der Waals surface area contributed by atoms with Crippen molar-refractivity contribution in [3.63, 3.8) is 0 Å². The maximum atomic E-state index is 13.9. The summed E-state index contributed by atoms with van der Waals surface area (Å²) >= 11 is 0. The molecule has 1 aliphatic rings. The van der Waals surface area contributed by atoms with Gasteiger partial charge in [-0.2, -0.15) is 0 Å². The molecule has 3 nitrogen and oxygen atoms in total. The summed E-state index contributed by atoms with van der Waals surface area (Å²) in [6.45, 7) is 2.72. The Labute approximate surface area is 123 Å². The van der Waals surface area contributed by atoms with E-state index in [0.717, 1.165) is 31.9 Å². The Morgan fingerprint density at radius 3 is 2.86 bits per heavy atom. The lowest BCUT2D eigenvalue weighted by molar-refractivity contribution is -0.137. The summed E-state index contributed by atoms with van der Waals surface area (Å²) in [5, 5.41) is 8.84. The van der Waals surface area contributed by atoms with Crippen molar-refractivity contribution in [2.45, 2.75) is 51.1 Å². The molecule has 116 valence electrons. The Morgan fingerprint density at radius 2 is 2.19 bits per heavy atom. The first kappa shape index (κ1) is 15.9. The van der Waals surface area contributed by atoms with Crippen molar-refractivity contribution in [2.24, 2.45) is 0 Å². The van der Waals surface area contributed by atoms with Crippen molar-refractivity contribution >= 4 is 5.97 Å². The first-order valence-electron chi connectivity index (χ1n) is 7.41. The highest BCUT2D eigenvalue weighted by Gasteiger charge is 2.28. The normalized spacial score (nSPS) is 21.2. The molecule has 1 fully saturated rings. The lowest BCUT2D eigenvalue weighted by Crippen LogP contribution is -2.41. The summed E-state index contributed by atoms with van der Waals surface area (Å²) in [4.78, 5) is 12.9. The van der Waals surface area contributed by atoms with Gasteiger partial charge in [-0.1, -0.05) is 12.5 Å². The van der Waals surface area contributed by atoms with E-state index < -0.39 is 17.6 Å². The smallest absolute Gasteiger partial charge is 0.303 e. The number of carbonyl (C=O) groups is 1. The van der Waals surface area contributed by atoms with Crippen molar-refractivity contribution in [1.82, 2.24) is 4.90 Å². The number of hydrogen-bond donors (Lipinski definition) is 1. The number of rotatable bonds is 5. The van der Waals surface area contributed by atoms with Crippen LogP contribution >= 0.6 is 0 Å². The Hall–Kier alpha value is -1.49. The number of benzene rings is 1. The molecule has 1 N–H and O–H groups in total. The second-order valence-electron chi connectivity index (χ2n) is 5.66. The van der Waals surface area contributed by atoms with Crippen molar-refractivity contribution in [2.75, 3.05) is 6.54 Å². The third-order valence-electron chi connectivity index (χ3n) is 4.27. The molecule has 0 aliphatic carbocycles. The average Bonchev–Trinajstić information content (AvgIpc) is 2.45. The topological polar surface area (TPSA) is 40.5 Å². The highest BCUT2D eigenvalue weighted by molar-refractivity contribution is 5.66. The number of carboxylic acids is 1. The molecule has 1 aromatic carbocycles. The van der Waals surface area contributed by atoms with Crippen LogP contribution in [0.4, 0.5) is 8.78 Å². The summed E-state index contributed by atoms with van der Waals surface area (Å²) in [6, 6.07) is 3.63. The van der Waals surface area contributed by atoms with E-state index in [9.17, 15) is 13.6 Å². The second kappa shape index (κ2) is 6.98. The Morgan fingerprint density at radius 1 is 1.43 bits per heavy atom. The molecule has 1 aromatic rings. The highest BCUT2D eigenvalue weighted by atomic mass is 19.1. The maximum Gasteiger partial charge on any atom is 0.303 e. The number of halogens is 2. The van der Waals surface area contributed by atoms with Gasteiger partial charge in [-0.25, -0.2) is 8.78 Å². The van der Waals surface area contributed by atoms with Crippen LogP contribution in [0.1, 0.15) is 50.6 Å². The van der Waals surface area contributed by atoms with Gasteiger partial charge in [0.2, 0.25) is 0 Å². The minimum Gasteiger partial charge on any atom is -0.481 e. The van der Waals surface area contributed by atoms with E-state index in [4.69, 9.17) is 5.11 Å². The second-order valence-corrected chi connectivity index (χ2v) is 5.66. The van der Waals surface area contributed by atoms with E-state index in [1.807, 2.05) is 6.92 Å². The Kier molecular flexibility index (Phi) is 5.28. The summed E-state index contributed by atoms with van der Waals surface area (Å²) in [7, 11) is 0. The van der Waals surface area contributed by atoms with Gasteiger partial charge in [-0.05, 0) is 38.8 Å². The van der Waals surface area contributed by atoms with Crippen molar-refractivity contribution < 1.29 is 18.7 Å². The molecule has 0 spiro atoms. The van der Waals surface area contributed by atoms with Crippen LogP contribution in [-0.4, -0.2) is 28.6 Å². The van der Waals surface area contributed by atoms with E-state index >= 15 is 0 Å². The first-order chi connectivity index (χ1) is 9.99. The predicted octanol–water partition coefficient (Wildman–Crippen LogP) is 3.75. The van der Waals surface area contributed by atoms with E-state index in [-0.39, 0.29) is 18.5 Å². The standard InChI is InChI=1S/C16H21F2NO2/c1-11(14-7-5-12(17)10-15(14)18)19-9-3-2-4-13(19)6-8-16(20)21/h5,7,10-11,13H,2-4,6,8-9H2,1H3,(H,20,21). The molecule has 0 amide bonds. The van der Waals surface area contributed by atoms with E-state index in [0.29, 0.717) is 12.0 Å². The number of piperidine rings is 1. The van der Waals surface area contributed by atoms with Crippen LogP contribution in [0.15, 0.2) is 18.2 Å². The summed E-state index contributed by atoms with van der Waals surface area (Å²) in [5.41, 5.74) is 0.471. The molecular formula is C16H21F2NO2. The molecule has 0 aromatic heterocycles. The molecule has 21 heavy (non-hydrogen) atoms. The maximum absolute atomic E-state index is 13.9. The third kappa shape index (κ3) is 4.00. The van der Waals surface area contributed by atoms with Gasteiger partial charge in [-0.3, -0.25) is 9.69 Å². The van der Waals surface area contributed by atoms with Crippen LogP contribution in [0.25, 0.3) is 0 Å². The van der Waals surface area contributed by atoms with E-state index in [2.05, 4.69) is 4.90 Å². The van der Waals surface area contributed by atoms with Crippen molar-refractivity contribution in [3.05, 3.63) is 35.4 Å². The molecule has 1 saturated heterocycles. The van der Waals surface area contributed by atoms with Gasteiger partial charge < -0.3 is 5.11 Å². The summed E-state index contributed by atoms with van der Waals surface area (Å²) in [6.07, 6.45) is 3.72. The molecule has 5 heteroatoms. The predicted molar refractivity (Wildman–Crippen MR) is 76.0 cm³/mol. The lowest BCUT2D eigenvalue weighted by Gasteiger charge is -2.40. The van der Waals surface area contributed by atoms with Crippen molar-refractivity contribution in [1.29, 1.82) is 0 Å². The van der Waals surface area contributed by atoms with Crippen LogP contribution in [0.5, 0.6) is 0 Å². The molecule has 1 aliphatic heterocycles. The van der Waals surface area contributed by atoms with Gasteiger partial charge in [0.1, 0.15) is 11.6 Å². The van der Waals surface area contributed by atoms with Crippen LogP contribution < -0.4 is 0 Å². The average molecular weight is 297 g/mol. The third-order valence-corrected chi connectivity index (χ3v) is 4.27. The number of likely N-dealkylation sites (tertiary alicyclic amines) is 1. The zero-order valence-electron chi connectivity index (χ0n) is 12.2. The zero-order chi connectivity index (χ0) is 15.4. The minimum atomic E-state index is -0.805. The fraction of sp³-hybridized carbons (Fsp3) is 0.562. The van der Waals surface area contributed by atoms with E-state index in [1.165, 1.54) is 12.1 Å². The first-order valence-corrected chi connectivity index (χ1v) is 7.41. The SMILES string of the molecule is CC(c1ccc(F)cc1F)N1CCCCC1CCC(=O)O. The van der Waals surface area contributed by atoms with Gasteiger partial charge in [0.25, 0.3) is 0 Å². The van der Waals surface area contributed by atoms with Gasteiger partial charge in [0.05, 0.1) is 0 Å². The number of carboxylic acid groups (broad SMARTS) is 1. The minimum absolute atomic E-state index is 0.125. The lowest BCUT2D eigenvalue weighted by atomic mass is 9.94. The number of nitrogens with zero attached hydrogens (tertiary/aromatic N) is 1. The monoisotopic (exact) mass is 297 g/mol. The Balaban J connectivity index is 2.13. The number of aliphatic carboxylic acids is 1. The molecule has 0 radical (unpaired) electrons. The van der Waals surface area contributed by atoms with Crippen molar-refractivity contribution in [3.8, 4) is 0 Å². The fourth-order valence-corrected chi connectivity index (χ4v) is 3.15. The van der Waals surface area contributed by atoms with E-state index in [1.54, 1.807) is 0 Å². The van der Waals surface area contributed by atoms with Crippen LogP contribution in [0.3, 0.4) is 0 Å². The van der Waals surface area contributed by atoms with Gasteiger partial charge >= 0.3 is 5.97 Å². The van der Waals surface area contributed by atoms with Crippen LogP contribution in [-0.2, 0) is 4.79 Å². The van der Waals surface area contributed by atoms with Gasteiger partial charge in [-0.15, -0.1) is 0 Å². The molecule has 1 heterocycles. The Bertz CT molecular complexity index is 507. The van der Waals surface area contributed by atoms with Gasteiger partial charge in [0.15, 0.2) is 0 Å². The molecule has 2 atom stereocenters.